The molecule has 0 saturated carbocycles. The highest BCUT2D eigenvalue weighted by Crippen LogP contribution is 2.17. The van der Waals surface area contributed by atoms with Crippen molar-refractivity contribution >= 4 is 34.4 Å². The van der Waals surface area contributed by atoms with E-state index in [4.69, 9.17) is 23.7 Å². The molecule has 0 saturated heterocycles. The molecule has 0 aliphatic carbocycles. The van der Waals surface area contributed by atoms with E-state index in [0.717, 1.165) is 16.9 Å². The minimum atomic E-state index is 0.499. The maximum atomic E-state index is 5.84. The van der Waals surface area contributed by atoms with Gasteiger partial charge in [0.05, 0.1) is 11.4 Å². The number of hydrogen-bond acceptors (Lipinski definition) is 3. The fraction of sp³-hybridized carbons (Fsp3) is 0.0714. The first kappa shape index (κ1) is 13.3. The van der Waals surface area contributed by atoms with Crippen LogP contribution in [0.2, 0.25) is 0 Å². The third-order valence-corrected chi connectivity index (χ3v) is 2.86. The normalized spacial score (nSPS) is 9.95. The summed E-state index contributed by atoms with van der Waals surface area (Å²) < 4.78 is 0. The van der Waals surface area contributed by atoms with Gasteiger partial charge in [-0.25, -0.2) is 0 Å². The fourth-order valence-corrected chi connectivity index (χ4v) is 1.85. The number of nitrogens with one attached hydrogen (secondary N) is 2. The van der Waals surface area contributed by atoms with E-state index >= 15 is 0 Å². The second-order valence-electron chi connectivity index (χ2n) is 4.07. The first-order valence-electron chi connectivity index (χ1n) is 5.90. The minimum absolute atomic E-state index is 0.499. The lowest BCUT2D eigenvalue weighted by Gasteiger charge is -2.12. The third kappa shape index (κ3) is 3.67. The van der Waals surface area contributed by atoms with E-state index in [0.29, 0.717) is 17.3 Å². The van der Waals surface area contributed by atoms with Crippen LogP contribution in [-0.2, 0) is 6.54 Å². The van der Waals surface area contributed by atoms with E-state index in [1.165, 1.54) is 0 Å². The van der Waals surface area contributed by atoms with Crippen LogP contribution >= 0.6 is 12.2 Å². The van der Waals surface area contributed by atoms with Gasteiger partial charge < -0.3 is 22.1 Å². The van der Waals surface area contributed by atoms with Crippen molar-refractivity contribution in [3.8, 4) is 0 Å². The summed E-state index contributed by atoms with van der Waals surface area (Å²) >= 11 is 5.24. The second kappa shape index (κ2) is 6.17. The highest BCUT2D eigenvalue weighted by Gasteiger charge is 2.01. The predicted molar refractivity (Wildman–Crippen MR) is 85.0 cm³/mol. The van der Waals surface area contributed by atoms with Gasteiger partial charge in [-0.15, -0.1) is 0 Å². The van der Waals surface area contributed by atoms with E-state index < -0.39 is 0 Å². The van der Waals surface area contributed by atoms with Crippen LogP contribution in [-0.4, -0.2) is 5.11 Å². The van der Waals surface area contributed by atoms with Gasteiger partial charge in [-0.05, 0) is 42.0 Å². The van der Waals surface area contributed by atoms with Gasteiger partial charge in [-0.3, -0.25) is 0 Å². The Morgan fingerprint density at radius 3 is 2.32 bits per heavy atom. The number of nitrogens with two attached hydrogens (primary N) is 2. The van der Waals surface area contributed by atoms with Gasteiger partial charge in [-0.1, -0.05) is 24.3 Å². The lowest BCUT2D eigenvalue weighted by molar-refractivity contribution is 1.07. The summed E-state index contributed by atoms with van der Waals surface area (Å²) in [6, 6.07) is 15.3. The lowest BCUT2D eigenvalue weighted by atomic mass is 10.2. The average molecular weight is 272 g/mol. The SMILES string of the molecule is NCc1ccc(NC(=S)Nc2ccccc2N)cc1. The van der Waals surface area contributed by atoms with E-state index in [-0.39, 0.29) is 0 Å². The van der Waals surface area contributed by atoms with Crippen molar-refractivity contribution in [1.82, 2.24) is 0 Å². The Kier molecular flexibility index (Phi) is 4.33. The summed E-state index contributed by atoms with van der Waals surface area (Å²) in [5.74, 6) is 0. The molecule has 2 aromatic rings. The molecule has 4 nitrogen and oxygen atoms in total. The van der Waals surface area contributed by atoms with Crippen LogP contribution in [0.1, 0.15) is 5.56 Å². The van der Waals surface area contributed by atoms with Crippen molar-refractivity contribution in [2.24, 2.45) is 5.73 Å². The zero-order chi connectivity index (χ0) is 13.7. The number of rotatable bonds is 3. The summed E-state index contributed by atoms with van der Waals surface area (Å²) in [5.41, 5.74) is 14.8. The number of para-hydroxylation sites is 2. The maximum absolute atomic E-state index is 5.84. The van der Waals surface area contributed by atoms with Crippen LogP contribution in [0.15, 0.2) is 48.5 Å². The standard InChI is InChI=1S/C14H16N4S/c15-9-10-5-7-11(8-6-10)17-14(19)18-13-4-2-1-3-12(13)16/h1-8H,9,15-16H2,(H2,17,18,19). The molecule has 0 bridgehead atoms. The molecule has 0 atom stereocenters. The summed E-state index contributed by atoms with van der Waals surface area (Å²) in [4.78, 5) is 0. The fourth-order valence-electron chi connectivity index (χ4n) is 1.62. The average Bonchev–Trinajstić information content (AvgIpc) is 2.42. The molecule has 0 heterocycles. The number of anilines is 3. The van der Waals surface area contributed by atoms with Gasteiger partial charge in [0, 0.05) is 12.2 Å². The van der Waals surface area contributed by atoms with Crippen molar-refractivity contribution < 1.29 is 0 Å². The first-order valence-corrected chi connectivity index (χ1v) is 6.31. The van der Waals surface area contributed by atoms with Crippen LogP contribution in [0, 0.1) is 0 Å². The van der Waals surface area contributed by atoms with Gasteiger partial charge in [0.1, 0.15) is 0 Å². The molecule has 0 fully saturated rings. The molecule has 6 N–H and O–H groups in total. The highest BCUT2D eigenvalue weighted by atomic mass is 32.1. The zero-order valence-electron chi connectivity index (χ0n) is 10.4. The second-order valence-corrected chi connectivity index (χ2v) is 4.48. The van der Waals surface area contributed by atoms with Gasteiger partial charge in [-0.2, -0.15) is 0 Å². The Bertz CT molecular complexity index is 566. The minimum Gasteiger partial charge on any atom is -0.397 e. The van der Waals surface area contributed by atoms with Crippen molar-refractivity contribution in [2.75, 3.05) is 16.4 Å². The maximum Gasteiger partial charge on any atom is 0.175 e. The molecule has 0 aromatic heterocycles. The summed E-state index contributed by atoms with van der Waals surface area (Å²) in [5, 5.41) is 6.65. The quantitative estimate of drug-likeness (QED) is 0.510. The molecule has 5 heteroatoms. The first-order chi connectivity index (χ1) is 9.19. The Labute approximate surface area is 117 Å². The van der Waals surface area contributed by atoms with Crippen molar-refractivity contribution in [3.05, 3.63) is 54.1 Å². The Balaban J connectivity index is 1.99. The van der Waals surface area contributed by atoms with E-state index in [1.54, 1.807) is 0 Å². The largest absolute Gasteiger partial charge is 0.397 e. The molecule has 0 spiro atoms. The molecule has 2 aromatic carbocycles. The monoisotopic (exact) mass is 272 g/mol. The zero-order valence-corrected chi connectivity index (χ0v) is 11.2. The molecular formula is C14H16N4S. The molecule has 0 aliphatic heterocycles. The third-order valence-electron chi connectivity index (χ3n) is 2.66. The molecule has 0 unspecified atom stereocenters. The van der Waals surface area contributed by atoms with Crippen molar-refractivity contribution in [2.45, 2.75) is 6.54 Å². The van der Waals surface area contributed by atoms with E-state index in [1.807, 2.05) is 48.5 Å². The van der Waals surface area contributed by atoms with Crippen molar-refractivity contribution in [1.29, 1.82) is 0 Å². The lowest BCUT2D eigenvalue weighted by Crippen LogP contribution is -2.19. The van der Waals surface area contributed by atoms with Crippen LogP contribution in [0.3, 0.4) is 0 Å². The number of thiocarbonyl (C=S) groups is 1. The molecule has 19 heavy (non-hydrogen) atoms. The molecule has 0 aliphatic rings. The van der Waals surface area contributed by atoms with Crippen LogP contribution in [0.4, 0.5) is 17.1 Å². The molecule has 0 amide bonds. The predicted octanol–water partition coefficient (Wildman–Crippen LogP) is 2.54. The van der Waals surface area contributed by atoms with E-state index in [9.17, 15) is 0 Å². The Morgan fingerprint density at radius 1 is 1.00 bits per heavy atom. The van der Waals surface area contributed by atoms with Crippen molar-refractivity contribution in [3.63, 3.8) is 0 Å². The molecule has 2 rings (SSSR count). The Hall–Kier alpha value is -2.11. The number of hydrogen-bond donors (Lipinski definition) is 4. The summed E-state index contributed by atoms with van der Waals surface area (Å²) in [6.45, 7) is 0.531. The van der Waals surface area contributed by atoms with Gasteiger partial charge in [0.25, 0.3) is 0 Å². The van der Waals surface area contributed by atoms with Gasteiger partial charge in [0.15, 0.2) is 5.11 Å². The molecule has 98 valence electrons. The van der Waals surface area contributed by atoms with Gasteiger partial charge >= 0.3 is 0 Å². The highest BCUT2D eigenvalue weighted by molar-refractivity contribution is 7.80. The summed E-state index contributed by atoms with van der Waals surface area (Å²) in [6.07, 6.45) is 0. The molecule has 0 radical (unpaired) electrons. The summed E-state index contributed by atoms with van der Waals surface area (Å²) in [7, 11) is 0. The number of nitrogen functional groups attached to an aromatic ring is 1. The topological polar surface area (TPSA) is 76.1 Å². The molecular weight excluding hydrogens is 256 g/mol. The smallest absolute Gasteiger partial charge is 0.175 e. The van der Waals surface area contributed by atoms with Crippen LogP contribution < -0.4 is 22.1 Å². The number of benzene rings is 2. The van der Waals surface area contributed by atoms with Crippen LogP contribution in [0.5, 0.6) is 0 Å². The van der Waals surface area contributed by atoms with Gasteiger partial charge in [0.2, 0.25) is 0 Å². The Morgan fingerprint density at radius 2 is 1.68 bits per heavy atom. The van der Waals surface area contributed by atoms with E-state index in [2.05, 4.69) is 10.6 Å². The van der Waals surface area contributed by atoms with Crippen LogP contribution in [0.25, 0.3) is 0 Å².